The number of amides is 1. The zero-order valence-corrected chi connectivity index (χ0v) is 11.8. The molecule has 1 aromatic carbocycles. The molecule has 1 rings (SSSR count). The summed E-state index contributed by atoms with van der Waals surface area (Å²) in [5.41, 5.74) is 2.24. The van der Waals surface area contributed by atoms with Gasteiger partial charge in [-0.05, 0) is 38.5 Å². The second kappa shape index (κ2) is 8.14. The molecule has 0 aliphatic rings. The van der Waals surface area contributed by atoms with Crippen molar-refractivity contribution in [3.05, 3.63) is 53.6 Å². The maximum absolute atomic E-state index is 11.6. The number of hydrogen-bond acceptors (Lipinski definition) is 2. The summed E-state index contributed by atoms with van der Waals surface area (Å²) in [5.74, 6) is 0.588. The largest absolute Gasteiger partial charge is 0.484 e. The van der Waals surface area contributed by atoms with Crippen LogP contribution in [-0.2, 0) is 4.79 Å². The van der Waals surface area contributed by atoms with E-state index in [1.807, 2.05) is 63.3 Å². The summed E-state index contributed by atoms with van der Waals surface area (Å²) >= 11 is 0. The van der Waals surface area contributed by atoms with Crippen molar-refractivity contribution in [2.24, 2.45) is 0 Å². The van der Waals surface area contributed by atoms with Gasteiger partial charge >= 0.3 is 0 Å². The third-order valence-corrected chi connectivity index (χ3v) is 2.63. The number of benzene rings is 1. The molecule has 19 heavy (non-hydrogen) atoms. The molecule has 0 aliphatic heterocycles. The zero-order valence-electron chi connectivity index (χ0n) is 11.8. The number of nitrogens with one attached hydrogen (secondary N) is 1. The van der Waals surface area contributed by atoms with Gasteiger partial charge in [0.25, 0.3) is 5.91 Å². The molecule has 1 amide bonds. The van der Waals surface area contributed by atoms with Crippen LogP contribution in [0.2, 0.25) is 0 Å². The number of hydrogen-bond donors (Lipinski definition) is 1. The molecule has 0 radical (unpaired) electrons. The van der Waals surface area contributed by atoms with Gasteiger partial charge in [-0.25, -0.2) is 0 Å². The maximum atomic E-state index is 11.6. The molecule has 0 unspecified atom stereocenters. The lowest BCUT2D eigenvalue weighted by molar-refractivity contribution is -0.122. The predicted octanol–water partition coefficient (Wildman–Crippen LogP) is 3.01. The molecule has 102 valence electrons. The van der Waals surface area contributed by atoms with Crippen LogP contribution >= 0.6 is 0 Å². The van der Waals surface area contributed by atoms with Gasteiger partial charge in [0, 0.05) is 6.54 Å². The van der Waals surface area contributed by atoms with Crippen LogP contribution in [0.15, 0.2) is 48.1 Å². The van der Waals surface area contributed by atoms with Gasteiger partial charge in [0.15, 0.2) is 6.61 Å². The molecule has 1 N–H and O–H groups in total. The van der Waals surface area contributed by atoms with Crippen LogP contribution in [0.25, 0.3) is 0 Å². The summed E-state index contributed by atoms with van der Waals surface area (Å²) in [6.07, 6.45) is 5.90. The minimum Gasteiger partial charge on any atom is -0.484 e. The molecule has 0 aliphatic carbocycles. The first-order valence-corrected chi connectivity index (χ1v) is 6.39. The Hall–Kier alpha value is -2.03. The molecule has 0 saturated heterocycles. The maximum Gasteiger partial charge on any atom is 0.258 e. The van der Waals surface area contributed by atoms with E-state index in [1.54, 1.807) is 0 Å². The first kappa shape index (κ1) is 15.0. The van der Waals surface area contributed by atoms with Gasteiger partial charge in [0.05, 0.1) is 0 Å². The van der Waals surface area contributed by atoms with E-state index in [2.05, 4.69) is 5.32 Å². The summed E-state index contributed by atoms with van der Waals surface area (Å²) < 4.78 is 5.40. The van der Waals surface area contributed by atoms with Crippen LogP contribution in [0.5, 0.6) is 5.75 Å². The second-order valence-electron chi connectivity index (χ2n) is 4.24. The van der Waals surface area contributed by atoms with Crippen LogP contribution in [-0.4, -0.2) is 19.1 Å². The average molecular weight is 259 g/mol. The zero-order chi connectivity index (χ0) is 14.1. The van der Waals surface area contributed by atoms with E-state index in [9.17, 15) is 4.79 Å². The van der Waals surface area contributed by atoms with Crippen molar-refractivity contribution in [3.8, 4) is 5.75 Å². The van der Waals surface area contributed by atoms with E-state index in [-0.39, 0.29) is 12.5 Å². The molecule has 0 fully saturated rings. The normalized spacial score (nSPS) is 11.6. The van der Waals surface area contributed by atoms with Gasteiger partial charge < -0.3 is 10.1 Å². The summed E-state index contributed by atoms with van der Waals surface area (Å²) in [5, 5.41) is 2.82. The number of carbonyl (C=O) groups is 1. The first-order valence-electron chi connectivity index (χ1n) is 6.39. The minimum atomic E-state index is -0.121. The van der Waals surface area contributed by atoms with Crippen molar-refractivity contribution >= 4 is 5.91 Å². The van der Waals surface area contributed by atoms with Crippen molar-refractivity contribution in [1.29, 1.82) is 0 Å². The van der Waals surface area contributed by atoms with Crippen LogP contribution < -0.4 is 10.1 Å². The van der Waals surface area contributed by atoms with Crippen LogP contribution in [0.1, 0.15) is 19.4 Å². The standard InChI is InChI=1S/C16H21NO2/c1-4-6-14(5-2)11-17-16(18)12-19-15-9-7-13(3)8-10-15/h4-10H,11-12H2,1-3H3,(H,17,18)/b6-4-,14-5+. The predicted molar refractivity (Wildman–Crippen MR) is 78.3 cm³/mol. The quantitative estimate of drug-likeness (QED) is 0.797. The molecule has 0 atom stereocenters. The highest BCUT2D eigenvalue weighted by Gasteiger charge is 2.02. The first-order chi connectivity index (χ1) is 9.15. The van der Waals surface area contributed by atoms with E-state index >= 15 is 0 Å². The highest BCUT2D eigenvalue weighted by atomic mass is 16.5. The molecule has 0 aromatic heterocycles. The topological polar surface area (TPSA) is 38.3 Å². The number of rotatable bonds is 6. The van der Waals surface area contributed by atoms with Crippen LogP contribution in [0.4, 0.5) is 0 Å². The van der Waals surface area contributed by atoms with Gasteiger partial charge in [-0.1, -0.05) is 35.9 Å². The number of allylic oxidation sites excluding steroid dienone is 2. The average Bonchev–Trinajstić information content (AvgIpc) is 2.42. The van der Waals surface area contributed by atoms with E-state index < -0.39 is 0 Å². The molecule has 3 nitrogen and oxygen atoms in total. The Morgan fingerprint density at radius 1 is 1.26 bits per heavy atom. The van der Waals surface area contributed by atoms with E-state index in [1.165, 1.54) is 5.56 Å². The lowest BCUT2D eigenvalue weighted by Crippen LogP contribution is -2.30. The third-order valence-electron chi connectivity index (χ3n) is 2.63. The molecule has 3 heteroatoms. The van der Waals surface area contributed by atoms with Crippen molar-refractivity contribution in [3.63, 3.8) is 0 Å². The van der Waals surface area contributed by atoms with Crippen molar-refractivity contribution in [1.82, 2.24) is 5.32 Å². The van der Waals surface area contributed by atoms with E-state index in [0.29, 0.717) is 12.3 Å². The Morgan fingerprint density at radius 3 is 2.53 bits per heavy atom. The van der Waals surface area contributed by atoms with Gasteiger partial charge in [-0.3, -0.25) is 4.79 Å². The molecule has 0 saturated carbocycles. The highest BCUT2D eigenvalue weighted by Crippen LogP contribution is 2.10. The minimum absolute atomic E-state index is 0.0376. The summed E-state index contributed by atoms with van der Waals surface area (Å²) in [6.45, 7) is 6.47. The Balaban J connectivity index is 2.34. The Labute approximate surface area is 115 Å². The summed E-state index contributed by atoms with van der Waals surface area (Å²) in [7, 11) is 0. The van der Waals surface area contributed by atoms with Gasteiger partial charge in [0.2, 0.25) is 0 Å². The summed E-state index contributed by atoms with van der Waals surface area (Å²) in [4.78, 5) is 11.6. The van der Waals surface area contributed by atoms with Crippen LogP contribution in [0.3, 0.4) is 0 Å². The fraction of sp³-hybridized carbons (Fsp3) is 0.312. The lowest BCUT2D eigenvalue weighted by Gasteiger charge is -2.08. The Bertz CT molecular complexity index is 458. The summed E-state index contributed by atoms with van der Waals surface area (Å²) in [6, 6.07) is 7.63. The number of ether oxygens (including phenoxy) is 1. The fourth-order valence-electron chi connectivity index (χ4n) is 1.51. The van der Waals surface area contributed by atoms with Gasteiger partial charge in [-0.2, -0.15) is 0 Å². The van der Waals surface area contributed by atoms with Crippen LogP contribution in [0, 0.1) is 6.92 Å². The van der Waals surface area contributed by atoms with E-state index in [0.717, 1.165) is 5.57 Å². The smallest absolute Gasteiger partial charge is 0.258 e. The second-order valence-corrected chi connectivity index (χ2v) is 4.24. The van der Waals surface area contributed by atoms with Crippen molar-refractivity contribution in [2.45, 2.75) is 20.8 Å². The monoisotopic (exact) mass is 259 g/mol. The molecular formula is C16H21NO2. The third kappa shape index (κ3) is 5.91. The molecular weight excluding hydrogens is 238 g/mol. The number of carbonyl (C=O) groups excluding carboxylic acids is 1. The lowest BCUT2D eigenvalue weighted by atomic mass is 10.2. The molecule has 1 aromatic rings. The fourth-order valence-corrected chi connectivity index (χ4v) is 1.51. The van der Waals surface area contributed by atoms with Gasteiger partial charge in [0.1, 0.15) is 5.75 Å². The Morgan fingerprint density at radius 2 is 1.95 bits per heavy atom. The highest BCUT2D eigenvalue weighted by molar-refractivity contribution is 5.77. The van der Waals surface area contributed by atoms with E-state index in [4.69, 9.17) is 4.74 Å². The SMILES string of the molecule is C/C=C\C(=C/C)CNC(=O)COc1ccc(C)cc1. The van der Waals surface area contributed by atoms with Crippen molar-refractivity contribution < 1.29 is 9.53 Å². The van der Waals surface area contributed by atoms with Gasteiger partial charge in [-0.15, -0.1) is 0 Å². The molecule has 0 heterocycles. The Kier molecular flexibility index (Phi) is 6.44. The molecule has 0 bridgehead atoms. The van der Waals surface area contributed by atoms with Crippen molar-refractivity contribution in [2.75, 3.05) is 13.2 Å². The molecule has 0 spiro atoms. The number of aryl methyl sites for hydroxylation is 1.